The first-order valence-electron chi connectivity index (χ1n) is 7.61. The van der Waals surface area contributed by atoms with Crippen molar-refractivity contribution in [3.63, 3.8) is 0 Å². The van der Waals surface area contributed by atoms with Crippen molar-refractivity contribution in [2.45, 2.75) is 26.7 Å². The predicted molar refractivity (Wildman–Crippen MR) is 92.8 cm³/mol. The lowest BCUT2D eigenvalue weighted by Gasteiger charge is -2.05. The molecule has 2 N–H and O–H groups in total. The molecule has 2 aromatic heterocycles. The van der Waals surface area contributed by atoms with Crippen LogP contribution in [0.25, 0.3) is 10.9 Å². The summed E-state index contributed by atoms with van der Waals surface area (Å²) < 4.78 is 0. The van der Waals surface area contributed by atoms with Gasteiger partial charge in [-0.15, -0.1) is 11.3 Å². The van der Waals surface area contributed by atoms with Crippen LogP contribution in [-0.4, -0.2) is 17.4 Å². The molecule has 0 aliphatic carbocycles. The number of hydrogen-bond acceptors (Lipinski definition) is 2. The highest BCUT2D eigenvalue weighted by molar-refractivity contribution is 7.12. The number of nitrogens with one attached hydrogen (secondary N) is 2. The van der Waals surface area contributed by atoms with Gasteiger partial charge in [0.05, 0.1) is 4.88 Å². The Labute approximate surface area is 134 Å². The van der Waals surface area contributed by atoms with Crippen LogP contribution < -0.4 is 5.32 Å². The number of benzene rings is 1. The molecule has 0 bridgehead atoms. The van der Waals surface area contributed by atoms with Crippen LogP contribution in [0.1, 0.15) is 33.3 Å². The average molecular weight is 312 g/mol. The number of aromatic amines is 1. The summed E-state index contributed by atoms with van der Waals surface area (Å²) in [6, 6.07) is 8.38. The van der Waals surface area contributed by atoms with Gasteiger partial charge in [-0.1, -0.05) is 25.1 Å². The summed E-state index contributed by atoms with van der Waals surface area (Å²) in [7, 11) is 0. The molecule has 0 saturated heterocycles. The summed E-state index contributed by atoms with van der Waals surface area (Å²) in [4.78, 5) is 16.3. The van der Waals surface area contributed by atoms with E-state index in [9.17, 15) is 4.79 Å². The van der Waals surface area contributed by atoms with E-state index in [-0.39, 0.29) is 5.91 Å². The van der Waals surface area contributed by atoms with Gasteiger partial charge in [-0.2, -0.15) is 0 Å². The maximum Gasteiger partial charge on any atom is 0.261 e. The molecule has 3 nitrogen and oxygen atoms in total. The Bertz CT molecular complexity index is 800. The van der Waals surface area contributed by atoms with E-state index in [0.717, 1.165) is 23.3 Å². The average Bonchev–Trinajstić information content (AvgIpc) is 3.13. The minimum absolute atomic E-state index is 0.0292. The van der Waals surface area contributed by atoms with Gasteiger partial charge < -0.3 is 10.3 Å². The molecule has 0 fully saturated rings. The lowest BCUT2D eigenvalue weighted by atomic mass is 10.1. The van der Waals surface area contributed by atoms with Gasteiger partial charge in [0, 0.05) is 23.6 Å². The smallest absolute Gasteiger partial charge is 0.261 e. The van der Waals surface area contributed by atoms with Crippen molar-refractivity contribution in [2.75, 3.05) is 6.54 Å². The standard InChI is InChI=1S/C18H20N2OS/c1-3-13-5-4-6-15-14(11-20-16(13)15)7-9-19-18(21)17-12(2)8-10-22-17/h4-6,8,10-11,20H,3,7,9H2,1-2H3,(H,19,21). The molecule has 3 aromatic rings. The topological polar surface area (TPSA) is 44.9 Å². The zero-order valence-corrected chi connectivity index (χ0v) is 13.7. The van der Waals surface area contributed by atoms with Gasteiger partial charge in [-0.3, -0.25) is 4.79 Å². The maximum atomic E-state index is 12.1. The van der Waals surface area contributed by atoms with E-state index in [2.05, 4.69) is 41.6 Å². The molecule has 3 rings (SSSR count). The lowest BCUT2D eigenvalue weighted by Crippen LogP contribution is -2.25. The van der Waals surface area contributed by atoms with Crippen LogP contribution in [0.4, 0.5) is 0 Å². The van der Waals surface area contributed by atoms with Crippen molar-refractivity contribution in [3.05, 3.63) is 57.4 Å². The zero-order chi connectivity index (χ0) is 15.5. The Morgan fingerprint density at radius 1 is 1.27 bits per heavy atom. The number of para-hydroxylation sites is 1. The number of aryl methyl sites for hydroxylation is 2. The van der Waals surface area contributed by atoms with Crippen molar-refractivity contribution in [1.82, 2.24) is 10.3 Å². The number of thiophene rings is 1. The Morgan fingerprint density at radius 2 is 2.14 bits per heavy atom. The fraction of sp³-hybridized carbons (Fsp3) is 0.278. The second-order valence-electron chi connectivity index (χ2n) is 5.45. The van der Waals surface area contributed by atoms with Gasteiger partial charge in [0.1, 0.15) is 0 Å². The number of H-pyrrole nitrogens is 1. The Hall–Kier alpha value is -2.07. The number of aromatic nitrogens is 1. The van der Waals surface area contributed by atoms with E-state index < -0.39 is 0 Å². The number of carbonyl (C=O) groups is 1. The third kappa shape index (κ3) is 2.79. The van der Waals surface area contributed by atoms with Crippen LogP contribution in [0.2, 0.25) is 0 Å². The van der Waals surface area contributed by atoms with E-state index in [1.54, 1.807) is 0 Å². The van der Waals surface area contributed by atoms with Crippen LogP contribution in [0, 0.1) is 6.92 Å². The predicted octanol–water partition coefficient (Wildman–Crippen LogP) is 4.07. The Kier molecular flexibility index (Phi) is 4.29. The zero-order valence-electron chi connectivity index (χ0n) is 12.9. The van der Waals surface area contributed by atoms with Crippen LogP contribution in [0.5, 0.6) is 0 Å². The van der Waals surface area contributed by atoms with Crippen molar-refractivity contribution >= 4 is 28.1 Å². The van der Waals surface area contributed by atoms with E-state index >= 15 is 0 Å². The molecule has 0 aliphatic rings. The molecule has 0 spiro atoms. The molecule has 0 unspecified atom stereocenters. The van der Waals surface area contributed by atoms with Crippen LogP contribution in [0.3, 0.4) is 0 Å². The first-order chi connectivity index (χ1) is 10.7. The summed E-state index contributed by atoms with van der Waals surface area (Å²) in [6.07, 6.45) is 3.92. The molecule has 2 heterocycles. The van der Waals surface area contributed by atoms with Crippen LogP contribution in [-0.2, 0) is 12.8 Å². The number of fused-ring (bicyclic) bond motifs is 1. The third-order valence-corrected chi connectivity index (χ3v) is 5.03. The Morgan fingerprint density at radius 3 is 2.86 bits per heavy atom. The number of amides is 1. The van der Waals surface area contributed by atoms with E-state index in [1.165, 1.54) is 33.4 Å². The fourth-order valence-corrected chi connectivity index (χ4v) is 3.61. The number of hydrogen-bond donors (Lipinski definition) is 2. The molecular weight excluding hydrogens is 292 g/mol. The second-order valence-corrected chi connectivity index (χ2v) is 6.36. The van der Waals surface area contributed by atoms with Crippen molar-refractivity contribution < 1.29 is 4.79 Å². The molecule has 1 aromatic carbocycles. The number of rotatable bonds is 5. The summed E-state index contributed by atoms with van der Waals surface area (Å²) >= 11 is 1.49. The van der Waals surface area contributed by atoms with Crippen molar-refractivity contribution in [1.29, 1.82) is 0 Å². The molecule has 1 amide bonds. The van der Waals surface area contributed by atoms with Crippen molar-refractivity contribution in [3.8, 4) is 0 Å². The molecule has 4 heteroatoms. The van der Waals surface area contributed by atoms with E-state index in [1.807, 2.05) is 18.4 Å². The summed E-state index contributed by atoms with van der Waals surface area (Å²) in [5, 5.41) is 6.23. The molecular formula is C18H20N2OS. The van der Waals surface area contributed by atoms with Gasteiger partial charge in [0.2, 0.25) is 0 Å². The highest BCUT2D eigenvalue weighted by Crippen LogP contribution is 2.22. The number of carbonyl (C=O) groups excluding carboxylic acids is 1. The van der Waals surface area contributed by atoms with Crippen LogP contribution in [0.15, 0.2) is 35.8 Å². The van der Waals surface area contributed by atoms with Crippen LogP contribution >= 0.6 is 11.3 Å². The monoisotopic (exact) mass is 312 g/mol. The summed E-state index contributed by atoms with van der Waals surface area (Å²) in [5.74, 6) is 0.0292. The SMILES string of the molecule is CCc1cccc2c(CCNC(=O)c3sccc3C)c[nH]c12. The van der Waals surface area contributed by atoms with Crippen molar-refractivity contribution in [2.24, 2.45) is 0 Å². The van der Waals surface area contributed by atoms with Gasteiger partial charge in [-0.25, -0.2) is 0 Å². The molecule has 0 aliphatic heterocycles. The van der Waals surface area contributed by atoms with E-state index in [0.29, 0.717) is 6.54 Å². The third-order valence-electron chi connectivity index (χ3n) is 4.02. The molecule has 0 radical (unpaired) electrons. The Balaban J connectivity index is 1.67. The summed E-state index contributed by atoms with van der Waals surface area (Å²) in [5.41, 5.74) is 4.86. The molecule has 0 atom stereocenters. The fourth-order valence-electron chi connectivity index (χ4n) is 2.77. The van der Waals surface area contributed by atoms with Gasteiger partial charge in [-0.05, 0) is 47.9 Å². The highest BCUT2D eigenvalue weighted by atomic mass is 32.1. The quantitative estimate of drug-likeness (QED) is 0.733. The largest absolute Gasteiger partial charge is 0.361 e. The van der Waals surface area contributed by atoms with Gasteiger partial charge >= 0.3 is 0 Å². The molecule has 22 heavy (non-hydrogen) atoms. The first kappa shape index (κ1) is 14.9. The first-order valence-corrected chi connectivity index (χ1v) is 8.48. The van der Waals surface area contributed by atoms with E-state index in [4.69, 9.17) is 0 Å². The minimum Gasteiger partial charge on any atom is -0.361 e. The minimum atomic E-state index is 0.0292. The second kappa shape index (κ2) is 6.36. The molecule has 114 valence electrons. The maximum absolute atomic E-state index is 12.1. The normalized spacial score (nSPS) is 11.0. The van der Waals surface area contributed by atoms with Gasteiger partial charge in [0.15, 0.2) is 0 Å². The highest BCUT2D eigenvalue weighted by Gasteiger charge is 2.11. The lowest BCUT2D eigenvalue weighted by molar-refractivity contribution is 0.0957. The molecule has 0 saturated carbocycles. The summed E-state index contributed by atoms with van der Waals surface area (Å²) in [6.45, 7) is 4.79. The van der Waals surface area contributed by atoms with Gasteiger partial charge in [0.25, 0.3) is 5.91 Å².